The van der Waals surface area contributed by atoms with Crippen molar-refractivity contribution in [3.63, 3.8) is 0 Å². The molecule has 2 rings (SSSR count). The Balaban J connectivity index is 2.13. The standard InChI is InChI=1S/C16H23NO2/c1-3-15(18)19-16(13-8-6-5-7-9-13)14-10-11-17(4-2)12-14/h5-9,14,16H,3-4,10-12H2,1-2H3/t14-,16+/m0/s1. The normalized spacial score (nSPS) is 21.3. The first-order valence-electron chi connectivity index (χ1n) is 7.21. The quantitative estimate of drug-likeness (QED) is 0.763. The van der Waals surface area contributed by atoms with Gasteiger partial charge in [-0.15, -0.1) is 0 Å². The lowest BCUT2D eigenvalue weighted by Gasteiger charge is -2.24. The van der Waals surface area contributed by atoms with Crippen LogP contribution in [0.5, 0.6) is 0 Å². The third kappa shape index (κ3) is 3.57. The van der Waals surface area contributed by atoms with Crippen molar-refractivity contribution in [2.45, 2.75) is 32.8 Å². The van der Waals surface area contributed by atoms with Crippen molar-refractivity contribution in [1.29, 1.82) is 0 Å². The van der Waals surface area contributed by atoms with Gasteiger partial charge in [0.1, 0.15) is 6.10 Å². The molecule has 0 spiro atoms. The molecule has 0 unspecified atom stereocenters. The van der Waals surface area contributed by atoms with E-state index >= 15 is 0 Å². The Hall–Kier alpha value is -1.35. The number of carbonyl (C=O) groups excluding carboxylic acids is 1. The number of benzene rings is 1. The first kappa shape index (κ1) is 14.1. The van der Waals surface area contributed by atoms with E-state index in [0.717, 1.165) is 31.6 Å². The molecule has 1 heterocycles. The molecule has 19 heavy (non-hydrogen) atoms. The van der Waals surface area contributed by atoms with E-state index in [4.69, 9.17) is 4.74 Å². The molecule has 3 heteroatoms. The van der Waals surface area contributed by atoms with Crippen LogP contribution in [-0.4, -0.2) is 30.5 Å². The lowest BCUT2D eigenvalue weighted by molar-refractivity contribution is -0.151. The summed E-state index contributed by atoms with van der Waals surface area (Å²) in [5.74, 6) is 0.307. The van der Waals surface area contributed by atoms with Gasteiger partial charge in [-0.3, -0.25) is 4.79 Å². The van der Waals surface area contributed by atoms with E-state index in [0.29, 0.717) is 12.3 Å². The molecule has 1 fully saturated rings. The lowest BCUT2D eigenvalue weighted by Crippen LogP contribution is -2.24. The molecule has 0 aliphatic carbocycles. The highest BCUT2D eigenvalue weighted by Gasteiger charge is 2.32. The van der Waals surface area contributed by atoms with Gasteiger partial charge in [0.05, 0.1) is 0 Å². The molecular formula is C16H23NO2. The molecule has 1 aromatic carbocycles. The van der Waals surface area contributed by atoms with Crippen LogP contribution in [0.2, 0.25) is 0 Å². The summed E-state index contributed by atoms with van der Waals surface area (Å²) in [5.41, 5.74) is 1.12. The Morgan fingerprint density at radius 1 is 1.37 bits per heavy atom. The van der Waals surface area contributed by atoms with E-state index in [9.17, 15) is 4.79 Å². The summed E-state index contributed by atoms with van der Waals surface area (Å²) in [4.78, 5) is 14.1. The van der Waals surface area contributed by atoms with E-state index in [-0.39, 0.29) is 12.1 Å². The van der Waals surface area contributed by atoms with Crippen LogP contribution in [0.1, 0.15) is 38.4 Å². The average Bonchev–Trinajstić information content (AvgIpc) is 2.94. The van der Waals surface area contributed by atoms with Crippen LogP contribution < -0.4 is 0 Å². The third-order valence-corrected chi connectivity index (χ3v) is 3.86. The largest absolute Gasteiger partial charge is 0.457 e. The van der Waals surface area contributed by atoms with E-state index in [1.807, 2.05) is 25.1 Å². The molecule has 1 aliphatic rings. The maximum atomic E-state index is 11.7. The van der Waals surface area contributed by atoms with Gasteiger partial charge in [0, 0.05) is 18.9 Å². The van der Waals surface area contributed by atoms with Gasteiger partial charge in [-0.1, -0.05) is 44.2 Å². The van der Waals surface area contributed by atoms with Crippen LogP contribution in [0.4, 0.5) is 0 Å². The number of nitrogens with zero attached hydrogens (tertiary/aromatic N) is 1. The second kappa shape index (κ2) is 6.71. The van der Waals surface area contributed by atoms with Crippen molar-refractivity contribution >= 4 is 5.97 Å². The molecule has 2 atom stereocenters. The summed E-state index contributed by atoms with van der Waals surface area (Å²) in [6.45, 7) is 7.22. The van der Waals surface area contributed by atoms with Crippen molar-refractivity contribution < 1.29 is 9.53 Å². The second-order valence-corrected chi connectivity index (χ2v) is 5.12. The van der Waals surface area contributed by atoms with E-state index in [2.05, 4.69) is 24.0 Å². The Morgan fingerprint density at radius 2 is 2.11 bits per heavy atom. The summed E-state index contributed by atoms with van der Waals surface area (Å²) in [6.07, 6.45) is 1.45. The maximum Gasteiger partial charge on any atom is 0.306 e. The molecule has 0 radical (unpaired) electrons. The number of likely N-dealkylation sites (tertiary alicyclic amines) is 1. The molecule has 104 valence electrons. The van der Waals surface area contributed by atoms with Gasteiger partial charge in [0.25, 0.3) is 0 Å². The molecule has 0 aromatic heterocycles. The van der Waals surface area contributed by atoms with Gasteiger partial charge < -0.3 is 9.64 Å². The SMILES string of the molecule is CCC(=O)O[C@H](c1ccccc1)[C@H]1CCN(CC)C1. The highest BCUT2D eigenvalue weighted by molar-refractivity contribution is 5.69. The number of hydrogen-bond donors (Lipinski definition) is 0. The Bertz CT molecular complexity index is 404. The highest BCUT2D eigenvalue weighted by Crippen LogP contribution is 2.33. The van der Waals surface area contributed by atoms with Crippen LogP contribution in [0.3, 0.4) is 0 Å². The van der Waals surface area contributed by atoms with Crippen LogP contribution >= 0.6 is 0 Å². The average molecular weight is 261 g/mol. The van der Waals surface area contributed by atoms with Gasteiger partial charge in [-0.05, 0) is 25.1 Å². The summed E-state index contributed by atoms with van der Waals surface area (Å²) < 4.78 is 5.70. The van der Waals surface area contributed by atoms with E-state index < -0.39 is 0 Å². The number of ether oxygens (including phenoxy) is 1. The zero-order valence-corrected chi connectivity index (χ0v) is 11.8. The third-order valence-electron chi connectivity index (χ3n) is 3.86. The monoisotopic (exact) mass is 261 g/mol. The van der Waals surface area contributed by atoms with Crippen LogP contribution in [0.15, 0.2) is 30.3 Å². The van der Waals surface area contributed by atoms with Gasteiger partial charge in [0.15, 0.2) is 0 Å². The minimum Gasteiger partial charge on any atom is -0.457 e. The number of esters is 1. The molecule has 0 N–H and O–H groups in total. The minimum absolute atomic E-state index is 0.0924. The Labute approximate surface area is 115 Å². The number of rotatable bonds is 5. The molecule has 0 bridgehead atoms. The van der Waals surface area contributed by atoms with E-state index in [1.165, 1.54) is 0 Å². The number of hydrogen-bond acceptors (Lipinski definition) is 3. The Morgan fingerprint density at radius 3 is 2.68 bits per heavy atom. The molecule has 0 saturated carbocycles. The lowest BCUT2D eigenvalue weighted by atomic mass is 9.95. The maximum absolute atomic E-state index is 11.7. The van der Waals surface area contributed by atoms with Crippen molar-refractivity contribution in [1.82, 2.24) is 4.90 Å². The molecule has 1 saturated heterocycles. The molecule has 1 aliphatic heterocycles. The van der Waals surface area contributed by atoms with Crippen molar-refractivity contribution in [3.05, 3.63) is 35.9 Å². The summed E-state index contributed by atoms with van der Waals surface area (Å²) in [6, 6.07) is 10.1. The summed E-state index contributed by atoms with van der Waals surface area (Å²) >= 11 is 0. The smallest absolute Gasteiger partial charge is 0.306 e. The molecular weight excluding hydrogens is 238 g/mol. The van der Waals surface area contributed by atoms with Crippen molar-refractivity contribution in [2.75, 3.05) is 19.6 Å². The molecule has 0 amide bonds. The topological polar surface area (TPSA) is 29.5 Å². The Kier molecular flexibility index (Phi) is 4.97. The fourth-order valence-electron chi connectivity index (χ4n) is 2.70. The summed E-state index contributed by atoms with van der Waals surface area (Å²) in [7, 11) is 0. The van der Waals surface area contributed by atoms with Gasteiger partial charge >= 0.3 is 5.97 Å². The predicted octanol–water partition coefficient (Wildman–Crippen LogP) is 3.02. The van der Waals surface area contributed by atoms with Crippen molar-refractivity contribution in [2.24, 2.45) is 5.92 Å². The fourth-order valence-corrected chi connectivity index (χ4v) is 2.70. The zero-order valence-electron chi connectivity index (χ0n) is 11.8. The highest BCUT2D eigenvalue weighted by atomic mass is 16.5. The van der Waals surface area contributed by atoms with Gasteiger partial charge in [-0.25, -0.2) is 0 Å². The zero-order chi connectivity index (χ0) is 13.7. The predicted molar refractivity (Wildman–Crippen MR) is 75.8 cm³/mol. The second-order valence-electron chi connectivity index (χ2n) is 5.12. The molecule has 3 nitrogen and oxygen atoms in total. The van der Waals surface area contributed by atoms with Crippen molar-refractivity contribution in [3.8, 4) is 0 Å². The molecule has 1 aromatic rings. The van der Waals surface area contributed by atoms with Gasteiger partial charge in [0.2, 0.25) is 0 Å². The van der Waals surface area contributed by atoms with E-state index in [1.54, 1.807) is 0 Å². The first-order valence-corrected chi connectivity index (χ1v) is 7.21. The van der Waals surface area contributed by atoms with Crippen LogP contribution in [0.25, 0.3) is 0 Å². The van der Waals surface area contributed by atoms with Gasteiger partial charge in [-0.2, -0.15) is 0 Å². The van der Waals surface area contributed by atoms with Crippen LogP contribution in [-0.2, 0) is 9.53 Å². The fraction of sp³-hybridized carbons (Fsp3) is 0.562. The minimum atomic E-state index is -0.108. The summed E-state index contributed by atoms with van der Waals surface area (Å²) in [5, 5.41) is 0. The number of carbonyl (C=O) groups is 1. The van der Waals surface area contributed by atoms with Crippen LogP contribution in [0, 0.1) is 5.92 Å². The first-order chi connectivity index (χ1) is 9.24.